The summed E-state index contributed by atoms with van der Waals surface area (Å²) in [5.74, 6) is 0.0939. The van der Waals surface area contributed by atoms with Crippen molar-refractivity contribution in [2.75, 3.05) is 12.3 Å². The smallest absolute Gasteiger partial charge is 0.242 e. The predicted molar refractivity (Wildman–Crippen MR) is 126 cm³/mol. The van der Waals surface area contributed by atoms with Gasteiger partial charge >= 0.3 is 0 Å². The van der Waals surface area contributed by atoms with Crippen molar-refractivity contribution < 1.29 is 9.59 Å². The molecule has 0 aliphatic rings. The highest BCUT2D eigenvalue weighted by atomic mass is 35.5. The van der Waals surface area contributed by atoms with Gasteiger partial charge in [-0.1, -0.05) is 67.8 Å². The number of nitrogens with one attached hydrogen (secondary N) is 1. The number of carbonyl (C=O) groups excluding carboxylic acids is 2. The Morgan fingerprint density at radius 1 is 1.10 bits per heavy atom. The van der Waals surface area contributed by atoms with Crippen molar-refractivity contribution in [3.63, 3.8) is 0 Å². The van der Waals surface area contributed by atoms with Crippen molar-refractivity contribution in [2.45, 2.75) is 57.5 Å². The van der Waals surface area contributed by atoms with E-state index >= 15 is 0 Å². The molecule has 0 fully saturated rings. The lowest BCUT2D eigenvalue weighted by molar-refractivity contribution is -0.139. The number of rotatable bonds is 11. The summed E-state index contributed by atoms with van der Waals surface area (Å²) in [6.07, 6.45) is 2.47. The lowest BCUT2D eigenvalue weighted by Crippen LogP contribution is -2.49. The standard InChI is InChI=1S/C24H31ClN2O2S/c1-4-6-15-26-24(29)22(5-2)27(16-19-9-7-8-10-21(19)25)23(28)17-30-20-13-11-18(3)12-14-20/h7-14,22H,4-6,15-17H2,1-3H3,(H,26,29)/t22-/m0/s1. The van der Waals surface area contributed by atoms with Crippen molar-refractivity contribution >= 4 is 35.2 Å². The second-order valence-corrected chi connectivity index (χ2v) is 8.74. The molecule has 4 nitrogen and oxygen atoms in total. The van der Waals surface area contributed by atoms with Crippen LogP contribution in [-0.2, 0) is 16.1 Å². The largest absolute Gasteiger partial charge is 0.354 e. The summed E-state index contributed by atoms with van der Waals surface area (Å²) in [5, 5.41) is 3.58. The molecule has 2 aromatic rings. The summed E-state index contributed by atoms with van der Waals surface area (Å²) in [6.45, 7) is 6.99. The molecule has 0 bridgehead atoms. The van der Waals surface area contributed by atoms with Crippen molar-refractivity contribution in [1.29, 1.82) is 0 Å². The Bertz CT molecular complexity index is 826. The molecule has 0 saturated heterocycles. The van der Waals surface area contributed by atoms with Gasteiger partial charge in [0.2, 0.25) is 11.8 Å². The first-order valence-electron chi connectivity index (χ1n) is 10.5. The first-order valence-corrected chi connectivity index (χ1v) is 11.8. The highest BCUT2D eigenvalue weighted by molar-refractivity contribution is 8.00. The Labute approximate surface area is 189 Å². The van der Waals surface area contributed by atoms with Gasteiger partial charge in [0.1, 0.15) is 6.04 Å². The molecule has 1 atom stereocenters. The molecule has 0 radical (unpaired) electrons. The number of unbranched alkanes of at least 4 members (excludes halogenated alkanes) is 1. The summed E-state index contributed by atoms with van der Waals surface area (Å²) >= 11 is 7.83. The minimum absolute atomic E-state index is 0.0713. The van der Waals surface area contributed by atoms with Gasteiger partial charge in [-0.05, 0) is 43.5 Å². The summed E-state index contributed by atoms with van der Waals surface area (Å²) in [4.78, 5) is 28.8. The third-order valence-corrected chi connectivity index (χ3v) is 6.26. The fraction of sp³-hybridized carbons (Fsp3) is 0.417. The van der Waals surface area contributed by atoms with Crippen molar-refractivity contribution in [3.8, 4) is 0 Å². The van der Waals surface area contributed by atoms with Gasteiger partial charge in [-0.15, -0.1) is 11.8 Å². The molecule has 2 aromatic carbocycles. The second-order valence-electron chi connectivity index (χ2n) is 7.28. The zero-order chi connectivity index (χ0) is 21.9. The van der Waals surface area contributed by atoms with Crippen LogP contribution < -0.4 is 5.32 Å². The van der Waals surface area contributed by atoms with E-state index in [-0.39, 0.29) is 17.6 Å². The highest BCUT2D eigenvalue weighted by Gasteiger charge is 2.28. The monoisotopic (exact) mass is 446 g/mol. The van der Waals surface area contributed by atoms with E-state index in [0.717, 1.165) is 23.3 Å². The molecule has 0 aliphatic heterocycles. The summed E-state index contributed by atoms with van der Waals surface area (Å²) in [5.41, 5.74) is 2.02. The zero-order valence-corrected chi connectivity index (χ0v) is 19.6. The molecule has 0 aromatic heterocycles. The molecule has 6 heteroatoms. The van der Waals surface area contributed by atoms with Crippen LogP contribution in [0.5, 0.6) is 0 Å². The number of carbonyl (C=O) groups is 2. The van der Waals surface area contributed by atoms with Gasteiger partial charge in [-0.25, -0.2) is 0 Å². The molecule has 0 heterocycles. The molecule has 0 spiro atoms. The number of thioether (sulfide) groups is 1. The van der Waals surface area contributed by atoms with E-state index in [4.69, 9.17) is 11.6 Å². The molecule has 162 valence electrons. The van der Waals surface area contributed by atoms with Crippen LogP contribution in [0.1, 0.15) is 44.2 Å². The fourth-order valence-electron chi connectivity index (χ4n) is 3.10. The highest BCUT2D eigenvalue weighted by Crippen LogP contribution is 2.23. The van der Waals surface area contributed by atoms with E-state index in [0.29, 0.717) is 24.5 Å². The topological polar surface area (TPSA) is 49.4 Å². The number of benzene rings is 2. The Balaban J connectivity index is 2.17. The lowest BCUT2D eigenvalue weighted by Gasteiger charge is -2.31. The van der Waals surface area contributed by atoms with Gasteiger partial charge in [0, 0.05) is 23.0 Å². The first kappa shape index (κ1) is 24.3. The number of nitrogens with zero attached hydrogens (tertiary/aromatic N) is 1. The molecule has 30 heavy (non-hydrogen) atoms. The minimum atomic E-state index is -0.524. The summed E-state index contributed by atoms with van der Waals surface area (Å²) in [7, 11) is 0. The van der Waals surface area contributed by atoms with Crippen molar-refractivity contribution in [3.05, 3.63) is 64.7 Å². The van der Waals surface area contributed by atoms with Crippen molar-refractivity contribution in [2.24, 2.45) is 0 Å². The Morgan fingerprint density at radius 3 is 2.43 bits per heavy atom. The van der Waals surface area contributed by atoms with E-state index < -0.39 is 6.04 Å². The summed E-state index contributed by atoms with van der Waals surface area (Å²) in [6, 6.07) is 15.0. The van der Waals surface area contributed by atoms with Gasteiger partial charge in [-0.3, -0.25) is 9.59 Å². The van der Waals surface area contributed by atoms with E-state index in [1.165, 1.54) is 17.3 Å². The lowest BCUT2D eigenvalue weighted by atomic mass is 10.1. The van der Waals surface area contributed by atoms with Crippen LogP contribution in [-0.4, -0.2) is 35.1 Å². The van der Waals surface area contributed by atoms with Crippen LogP contribution in [0.25, 0.3) is 0 Å². The zero-order valence-electron chi connectivity index (χ0n) is 18.0. The van der Waals surface area contributed by atoms with Gasteiger partial charge < -0.3 is 10.2 Å². The number of aryl methyl sites for hydroxylation is 1. The molecular weight excluding hydrogens is 416 g/mol. The van der Waals surface area contributed by atoms with Crippen LogP contribution in [0.3, 0.4) is 0 Å². The van der Waals surface area contributed by atoms with E-state index in [1.807, 2.05) is 62.4 Å². The molecule has 2 amide bonds. The average Bonchev–Trinajstić information content (AvgIpc) is 2.74. The number of hydrogen-bond donors (Lipinski definition) is 1. The number of halogens is 1. The molecule has 1 N–H and O–H groups in total. The minimum Gasteiger partial charge on any atom is -0.354 e. The third kappa shape index (κ3) is 7.37. The summed E-state index contributed by atoms with van der Waals surface area (Å²) < 4.78 is 0. The Kier molecular flexibility index (Phi) is 10.2. The van der Waals surface area contributed by atoms with E-state index in [9.17, 15) is 9.59 Å². The molecule has 0 saturated carbocycles. The first-order chi connectivity index (χ1) is 14.5. The normalized spacial score (nSPS) is 11.7. The molecule has 0 unspecified atom stereocenters. The van der Waals surface area contributed by atoms with Crippen LogP contribution in [0, 0.1) is 6.92 Å². The van der Waals surface area contributed by atoms with Crippen LogP contribution in [0.4, 0.5) is 0 Å². The Hall–Kier alpha value is -1.98. The van der Waals surface area contributed by atoms with Gasteiger partial charge in [0.25, 0.3) is 0 Å². The van der Waals surface area contributed by atoms with Crippen LogP contribution in [0.2, 0.25) is 5.02 Å². The predicted octanol–water partition coefficient (Wildman–Crippen LogP) is 5.46. The maximum atomic E-state index is 13.2. The van der Waals surface area contributed by atoms with E-state index in [2.05, 4.69) is 12.2 Å². The number of amides is 2. The van der Waals surface area contributed by atoms with Gasteiger partial charge in [0.05, 0.1) is 5.75 Å². The fourth-order valence-corrected chi connectivity index (χ4v) is 4.08. The van der Waals surface area contributed by atoms with Crippen LogP contribution in [0.15, 0.2) is 53.4 Å². The molecular formula is C24H31ClN2O2S. The van der Waals surface area contributed by atoms with Crippen LogP contribution >= 0.6 is 23.4 Å². The van der Waals surface area contributed by atoms with E-state index in [1.54, 1.807) is 4.90 Å². The average molecular weight is 447 g/mol. The Morgan fingerprint density at radius 2 is 1.80 bits per heavy atom. The number of hydrogen-bond acceptors (Lipinski definition) is 3. The van der Waals surface area contributed by atoms with Crippen molar-refractivity contribution in [1.82, 2.24) is 10.2 Å². The molecule has 2 rings (SSSR count). The quantitative estimate of drug-likeness (QED) is 0.368. The SMILES string of the molecule is CCCCNC(=O)[C@H](CC)N(Cc1ccccc1Cl)C(=O)CSc1ccc(C)cc1. The van der Waals surface area contributed by atoms with Gasteiger partial charge in [-0.2, -0.15) is 0 Å². The second kappa shape index (κ2) is 12.7. The maximum absolute atomic E-state index is 13.2. The van der Waals surface area contributed by atoms with Gasteiger partial charge in [0.15, 0.2) is 0 Å². The molecule has 0 aliphatic carbocycles. The third-order valence-electron chi connectivity index (χ3n) is 4.90. The maximum Gasteiger partial charge on any atom is 0.242 e.